The maximum absolute atomic E-state index is 12.4. The number of nitrogens with one attached hydrogen (secondary N) is 1. The summed E-state index contributed by atoms with van der Waals surface area (Å²) in [6.07, 6.45) is -0.500. The molecule has 3 rings (SSSR count). The fraction of sp³-hybridized carbons (Fsp3) is 0.400. The maximum Gasteiger partial charge on any atom is 0.411 e. The van der Waals surface area contributed by atoms with Crippen LogP contribution in [-0.4, -0.2) is 48.2 Å². The van der Waals surface area contributed by atoms with Crippen LogP contribution in [0.15, 0.2) is 42.5 Å². The van der Waals surface area contributed by atoms with Crippen molar-refractivity contribution in [3.05, 3.63) is 42.5 Å². The summed E-state index contributed by atoms with van der Waals surface area (Å²) in [5.41, 5.74) is -0.616. The molecular formula is C20H24N2O4. The molecule has 0 bridgehead atoms. The number of hydrogen-bond donors (Lipinski definition) is 1. The molecule has 0 aromatic heterocycles. The molecule has 1 N–H and O–H groups in total. The number of hydrogen-bond acceptors (Lipinski definition) is 4. The van der Waals surface area contributed by atoms with E-state index in [1.165, 1.54) is 4.90 Å². The van der Waals surface area contributed by atoms with Crippen LogP contribution in [-0.2, 0) is 9.53 Å². The van der Waals surface area contributed by atoms with Gasteiger partial charge < -0.3 is 14.8 Å². The SMILES string of the molecule is CC(C)(C)OC(=O)N1CC(=O)NCC1COc1ccc2ccccc2c1. The molecule has 1 saturated heterocycles. The average Bonchev–Trinajstić information content (AvgIpc) is 2.59. The molecule has 0 saturated carbocycles. The standard InChI is InChI=1S/C20H24N2O4/c1-20(2,3)26-19(24)22-12-18(23)21-11-16(22)13-25-17-9-8-14-6-4-5-7-15(14)10-17/h4-10,16H,11-13H2,1-3H3,(H,21,23). The summed E-state index contributed by atoms with van der Waals surface area (Å²) >= 11 is 0. The smallest absolute Gasteiger partial charge is 0.411 e. The van der Waals surface area contributed by atoms with E-state index in [1.807, 2.05) is 42.5 Å². The van der Waals surface area contributed by atoms with Gasteiger partial charge in [0.1, 0.15) is 24.5 Å². The van der Waals surface area contributed by atoms with Crippen molar-refractivity contribution in [2.24, 2.45) is 0 Å². The van der Waals surface area contributed by atoms with Crippen molar-refractivity contribution in [3.63, 3.8) is 0 Å². The van der Waals surface area contributed by atoms with E-state index in [-0.39, 0.29) is 25.1 Å². The molecule has 1 aliphatic rings. The highest BCUT2D eigenvalue weighted by Gasteiger charge is 2.33. The van der Waals surface area contributed by atoms with Crippen LogP contribution < -0.4 is 10.1 Å². The summed E-state index contributed by atoms with van der Waals surface area (Å²) in [6, 6.07) is 13.6. The van der Waals surface area contributed by atoms with Gasteiger partial charge in [-0.05, 0) is 43.7 Å². The van der Waals surface area contributed by atoms with E-state index < -0.39 is 11.7 Å². The van der Waals surface area contributed by atoms with Crippen molar-refractivity contribution in [1.82, 2.24) is 10.2 Å². The molecule has 2 aromatic carbocycles. The number of fused-ring (bicyclic) bond motifs is 1. The normalized spacial score (nSPS) is 17.7. The van der Waals surface area contributed by atoms with E-state index in [9.17, 15) is 9.59 Å². The Morgan fingerprint density at radius 3 is 2.65 bits per heavy atom. The highest BCUT2D eigenvalue weighted by Crippen LogP contribution is 2.21. The second kappa shape index (κ2) is 7.23. The maximum atomic E-state index is 12.4. The molecule has 1 unspecified atom stereocenters. The van der Waals surface area contributed by atoms with Crippen molar-refractivity contribution in [3.8, 4) is 5.75 Å². The van der Waals surface area contributed by atoms with Crippen LogP contribution in [0.1, 0.15) is 20.8 Å². The molecule has 2 amide bonds. The fourth-order valence-corrected chi connectivity index (χ4v) is 2.81. The van der Waals surface area contributed by atoms with Gasteiger partial charge in [-0.2, -0.15) is 0 Å². The zero-order chi connectivity index (χ0) is 18.7. The summed E-state index contributed by atoms with van der Waals surface area (Å²) in [4.78, 5) is 25.6. The van der Waals surface area contributed by atoms with Crippen LogP contribution in [0.25, 0.3) is 10.8 Å². The van der Waals surface area contributed by atoms with Crippen molar-refractivity contribution in [1.29, 1.82) is 0 Å². The zero-order valence-corrected chi connectivity index (χ0v) is 15.3. The quantitative estimate of drug-likeness (QED) is 0.918. The van der Waals surface area contributed by atoms with Gasteiger partial charge in [-0.15, -0.1) is 0 Å². The third kappa shape index (κ3) is 4.45. The third-order valence-electron chi connectivity index (χ3n) is 4.08. The van der Waals surface area contributed by atoms with Crippen LogP contribution in [0.4, 0.5) is 4.79 Å². The van der Waals surface area contributed by atoms with E-state index in [0.717, 1.165) is 16.5 Å². The molecule has 1 heterocycles. The highest BCUT2D eigenvalue weighted by molar-refractivity contribution is 5.84. The fourth-order valence-electron chi connectivity index (χ4n) is 2.81. The number of amides is 2. The number of rotatable bonds is 3. The second-order valence-electron chi connectivity index (χ2n) is 7.39. The molecule has 26 heavy (non-hydrogen) atoms. The topological polar surface area (TPSA) is 67.9 Å². The van der Waals surface area contributed by atoms with Gasteiger partial charge in [0.2, 0.25) is 5.91 Å². The van der Waals surface area contributed by atoms with Crippen LogP contribution >= 0.6 is 0 Å². The number of nitrogens with zero attached hydrogens (tertiary/aromatic N) is 1. The lowest BCUT2D eigenvalue weighted by Crippen LogP contribution is -2.59. The summed E-state index contributed by atoms with van der Waals surface area (Å²) in [5, 5.41) is 5.01. The van der Waals surface area contributed by atoms with E-state index in [1.54, 1.807) is 20.8 Å². The Labute approximate surface area is 153 Å². The van der Waals surface area contributed by atoms with Gasteiger partial charge in [0.05, 0.1) is 6.04 Å². The van der Waals surface area contributed by atoms with Crippen molar-refractivity contribution >= 4 is 22.8 Å². The summed E-state index contributed by atoms with van der Waals surface area (Å²) < 4.78 is 11.3. The predicted molar refractivity (Wildman–Crippen MR) is 99.2 cm³/mol. The number of carbonyl (C=O) groups excluding carboxylic acids is 2. The molecule has 2 aromatic rings. The molecule has 0 radical (unpaired) electrons. The molecule has 1 aliphatic heterocycles. The molecule has 1 fully saturated rings. The zero-order valence-electron chi connectivity index (χ0n) is 15.3. The van der Waals surface area contributed by atoms with Crippen LogP contribution in [0.3, 0.4) is 0 Å². The lowest BCUT2D eigenvalue weighted by atomic mass is 10.1. The van der Waals surface area contributed by atoms with Crippen molar-refractivity contribution < 1.29 is 19.1 Å². The van der Waals surface area contributed by atoms with E-state index >= 15 is 0 Å². The van der Waals surface area contributed by atoms with Gasteiger partial charge in [0.25, 0.3) is 0 Å². The Bertz CT molecular complexity index is 813. The predicted octanol–water partition coefficient (Wildman–Crippen LogP) is 2.95. The number of piperazine rings is 1. The molecule has 0 spiro atoms. The van der Waals surface area contributed by atoms with Gasteiger partial charge in [-0.25, -0.2) is 4.79 Å². The number of ether oxygens (including phenoxy) is 2. The van der Waals surface area contributed by atoms with E-state index in [2.05, 4.69) is 5.32 Å². The van der Waals surface area contributed by atoms with Crippen LogP contribution in [0.2, 0.25) is 0 Å². The second-order valence-corrected chi connectivity index (χ2v) is 7.39. The lowest BCUT2D eigenvalue weighted by molar-refractivity contribution is -0.125. The number of carbonyl (C=O) groups is 2. The van der Waals surface area contributed by atoms with Gasteiger partial charge in [0.15, 0.2) is 0 Å². The van der Waals surface area contributed by atoms with E-state index in [4.69, 9.17) is 9.47 Å². The minimum Gasteiger partial charge on any atom is -0.491 e. The van der Waals surface area contributed by atoms with Gasteiger partial charge in [0, 0.05) is 6.54 Å². The van der Waals surface area contributed by atoms with Crippen LogP contribution in [0, 0.1) is 0 Å². The molecule has 6 nitrogen and oxygen atoms in total. The Balaban J connectivity index is 1.69. The van der Waals surface area contributed by atoms with Crippen molar-refractivity contribution in [2.45, 2.75) is 32.4 Å². The minimum absolute atomic E-state index is 0.0271. The van der Waals surface area contributed by atoms with Gasteiger partial charge in [-0.1, -0.05) is 30.3 Å². The highest BCUT2D eigenvalue weighted by atomic mass is 16.6. The summed E-state index contributed by atoms with van der Waals surface area (Å²) in [7, 11) is 0. The largest absolute Gasteiger partial charge is 0.491 e. The first-order chi connectivity index (χ1) is 12.3. The molecule has 1 atom stereocenters. The summed E-state index contributed by atoms with van der Waals surface area (Å²) in [6.45, 7) is 5.99. The third-order valence-corrected chi connectivity index (χ3v) is 4.08. The first kappa shape index (κ1) is 18.0. The Morgan fingerprint density at radius 1 is 1.19 bits per heavy atom. The lowest BCUT2D eigenvalue weighted by Gasteiger charge is -2.36. The first-order valence-corrected chi connectivity index (χ1v) is 8.70. The van der Waals surface area contributed by atoms with Crippen LogP contribution in [0.5, 0.6) is 5.75 Å². The summed E-state index contributed by atoms with van der Waals surface area (Å²) in [5.74, 6) is 0.530. The molecule has 138 valence electrons. The Hall–Kier alpha value is -2.76. The molecule has 6 heteroatoms. The minimum atomic E-state index is -0.616. The first-order valence-electron chi connectivity index (χ1n) is 8.70. The Morgan fingerprint density at radius 2 is 1.92 bits per heavy atom. The van der Waals surface area contributed by atoms with Gasteiger partial charge in [-0.3, -0.25) is 9.69 Å². The number of benzene rings is 2. The van der Waals surface area contributed by atoms with Gasteiger partial charge >= 0.3 is 6.09 Å². The average molecular weight is 356 g/mol. The van der Waals surface area contributed by atoms with Crippen molar-refractivity contribution in [2.75, 3.05) is 19.7 Å². The monoisotopic (exact) mass is 356 g/mol. The Kier molecular flexibility index (Phi) is 5.02. The van der Waals surface area contributed by atoms with E-state index in [0.29, 0.717) is 6.54 Å². The molecule has 0 aliphatic carbocycles. The molecular weight excluding hydrogens is 332 g/mol.